The maximum absolute atomic E-state index is 13.3. The predicted molar refractivity (Wildman–Crippen MR) is 100 cm³/mol. The van der Waals surface area contributed by atoms with Gasteiger partial charge in [0.25, 0.3) is 5.91 Å². The van der Waals surface area contributed by atoms with E-state index in [1.54, 1.807) is 6.92 Å². The Hall–Kier alpha value is -2.80. The summed E-state index contributed by atoms with van der Waals surface area (Å²) in [5.74, 6) is -2.39. The molecule has 0 bridgehead atoms. The van der Waals surface area contributed by atoms with Crippen molar-refractivity contribution in [3.05, 3.63) is 70.2 Å². The third kappa shape index (κ3) is 3.88. The van der Waals surface area contributed by atoms with Gasteiger partial charge in [0.1, 0.15) is 4.88 Å². The monoisotopic (exact) mass is 373 g/mol. The molecule has 3 aromatic rings. The number of hydrogen-bond acceptors (Lipinski definition) is 4. The maximum atomic E-state index is 13.3. The van der Waals surface area contributed by atoms with Gasteiger partial charge in [0, 0.05) is 17.4 Å². The third-order valence-electron chi connectivity index (χ3n) is 3.82. The standard InChI is InChI=1S/C19H17F2N3OS/c1-3-12-6-4-5-7-16(12)24-19-22-11(2)17(26-19)18(25)23-13-8-9-14(20)15(21)10-13/h4-10H,3H2,1-2H3,(H,22,24)(H,23,25). The van der Waals surface area contributed by atoms with E-state index in [1.165, 1.54) is 17.4 Å². The molecule has 7 heteroatoms. The fraction of sp³-hybridized carbons (Fsp3) is 0.158. The lowest BCUT2D eigenvalue weighted by Gasteiger charge is -2.07. The maximum Gasteiger partial charge on any atom is 0.267 e. The largest absolute Gasteiger partial charge is 0.331 e. The number of carbonyl (C=O) groups excluding carboxylic acids is 1. The molecule has 2 aromatic carbocycles. The SMILES string of the molecule is CCc1ccccc1Nc1nc(C)c(C(=O)Nc2ccc(F)c(F)c2)s1. The zero-order valence-corrected chi connectivity index (χ0v) is 15.1. The van der Waals surface area contributed by atoms with Crippen LogP contribution < -0.4 is 10.6 Å². The summed E-state index contributed by atoms with van der Waals surface area (Å²) in [5, 5.41) is 6.40. The van der Waals surface area contributed by atoms with E-state index in [1.807, 2.05) is 24.3 Å². The lowest BCUT2D eigenvalue weighted by atomic mass is 10.1. The van der Waals surface area contributed by atoms with Crippen LogP contribution >= 0.6 is 11.3 Å². The summed E-state index contributed by atoms with van der Waals surface area (Å²) in [7, 11) is 0. The number of amides is 1. The molecule has 0 saturated heterocycles. The van der Waals surface area contributed by atoms with E-state index in [0.717, 1.165) is 29.8 Å². The number of rotatable bonds is 5. The average Bonchev–Trinajstić information content (AvgIpc) is 2.99. The Morgan fingerprint density at radius 1 is 1.15 bits per heavy atom. The van der Waals surface area contributed by atoms with Gasteiger partial charge in [-0.15, -0.1) is 0 Å². The quantitative estimate of drug-likeness (QED) is 0.639. The second kappa shape index (κ2) is 7.61. The highest BCUT2D eigenvalue weighted by Gasteiger charge is 2.17. The number of carbonyl (C=O) groups is 1. The molecule has 1 heterocycles. The van der Waals surface area contributed by atoms with Gasteiger partial charge in [0.2, 0.25) is 0 Å². The fourth-order valence-electron chi connectivity index (χ4n) is 2.49. The lowest BCUT2D eigenvalue weighted by Crippen LogP contribution is -2.11. The van der Waals surface area contributed by atoms with Crippen LogP contribution in [0, 0.1) is 18.6 Å². The van der Waals surface area contributed by atoms with Gasteiger partial charge >= 0.3 is 0 Å². The second-order valence-corrected chi connectivity index (χ2v) is 6.65. The van der Waals surface area contributed by atoms with Crippen molar-refractivity contribution >= 4 is 33.8 Å². The smallest absolute Gasteiger partial charge is 0.267 e. The molecule has 0 radical (unpaired) electrons. The van der Waals surface area contributed by atoms with Gasteiger partial charge in [-0.2, -0.15) is 0 Å². The van der Waals surface area contributed by atoms with Crippen molar-refractivity contribution in [2.75, 3.05) is 10.6 Å². The number of anilines is 3. The van der Waals surface area contributed by atoms with E-state index in [-0.39, 0.29) is 5.69 Å². The van der Waals surface area contributed by atoms with Crippen molar-refractivity contribution in [2.45, 2.75) is 20.3 Å². The number of benzene rings is 2. The van der Waals surface area contributed by atoms with Gasteiger partial charge in [-0.25, -0.2) is 13.8 Å². The topological polar surface area (TPSA) is 54.0 Å². The number of nitrogens with one attached hydrogen (secondary N) is 2. The minimum Gasteiger partial charge on any atom is -0.331 e. The summed E-state index contributed by atoms with van der Waals surface area (Å²) in [5.41, 5.74) is 2.84. The molecular formula is C19H17F2N3OS. The third-order valence-corrected chi connectivity index (χ3v) is 4.89. The minimum atomic E-state index is -1.01. The molecule has 0 saturated carbocycles. The van der Waals surface area contributed by atoms with Crippen LogP contribution in [0.15, 0.2) is 42.5 Å². The Balaban J connectivity index is 1.79. The normalized spacial score (nSPS) is 10.6. The molecule has 0 aliphatic carbocycles. The second-order valence-electron chi connectivity index (χ2n) is 5.65. The molecule has 0 aliphatic heterocycles. The van der Waals surface area contributed by atoms with Gasteiger partial charge in [0.15, 0.2) is 16.8 Å². The van der Waals surface area contributed by atoms with Crippen LogP contribution in [-0.4, -0.2) is 10.9 Å². The Labute approximate surface area is 153 Å². The number of thiazole rings is 1. The lowest BCUT2D eigenvalue weighted by molar-refractivity contribution is 0.103. The molecule has 26 heavy (non-hydrogen) atoms. The number of para-hydroxylation sites is 1. The minimum absolute atomic E-state index is 0.188. The molecule has 2 N–H and O–H groups in total. The van der Waals surface area contributed by atoms with Crippen LogP contribution in [-0.2, 0) is 6.42 Å². The predicted octanol–water partition coefficient (Wildman–Crippen LogP) is 5.29. The molecule has 4 nitrogen and oxygen atoms in total. The first-order valence-electron chi connectivity index (χ1n) is 8.06. The Kier molecular flexibility index (Phi) is 5.27. The van der Waals surface area contributed by atoms with E-state index < -0.39 is 17.5 Å². The van der Waals surface area contributed by atoms with Crippen molar-refractivity contribution < 1.29 is 13.6 Å². The van der Waals surface area contributed by atoms with Crippen molar-refractivity contribution in [3.8, 4) is 0 Å². The zero-order chi connectivity index (χ0) is 18.7. The van der Waals surface area contributed by atoms with Crippen LogP contribution in [0.4, 0.5) is 25.3 Å². The van der Waals surface area contributed by atoms with Crippen molar-refractivity contribution in [3.63, 3.8) is 0 Å². The number of nitrogens with zero attached hydrogens (tertiary/aromatic N) is 1. The van der Waals surface area contributed by atoms with Crippen molar-refractivity contribution in [2.24, 2.45) is 0 Å². The van der Waals surface area contributed by atoms with E-state index in [4.69, 9.17) is 0 Å². The van der Waals surface area contributed by atoms with E-state index in [2.05, 4.69) is 22.5 Å². The first-order valence-corrected chi connectivity index (χ1v) is 8.88. The molecule has 0 unspecified atom stereocenters. The summed E-state index contributed by atoms with van der Waals surface area (Å²) in [6, 6.07) is 11.1. The molecule has 0 fully saturated rings. The van der Waals surface area contributed by atoms with E-state index >= 15 is 0 Å². The molecule has 1 aromatic heterocycles. The van der Waals surface area contributed by atoms with Crippen LogP contribution in [0.2, 0.25) is 0 Å². The number of aromatic nitrogens is 1. The van der Waals surface area contributed by atoms with Crippen molar-refractivity contribution in [1.29, 1.82) is 0 Å². The van der Waals surface area contributed by atoms with Gasteiger partial charge in [-0.1, -0.05) is 36.5 Å². The summed E-state index contributed by atoms with van der Waals surface area (Å²) in [6.07, 6.45) is 0.872. The van der Waals surface area contributed by atoms with E-state index in [0.29, 0.717) is 15.7 Å². The fourth-order valence-corrected chi connectivity index (χ4v) is 3.36. The molecule has 0 aliphatic rings. The van der Waals surface area contributed by atoms with Gasteiger partial charge in [0.05, 0.1) is 5.69 Å². The Bertz CT molecular complexity index is 956. The van der Waals surface area contributed by atoms with Crippen LogP contribution in [0.25, 0.3) is 0 Å². The zero-order valence-electron chi connectivity index (χ0n) is 14.3. The molecule has 134 valence electrons. The summed E-state index contributed by atoms with van der Waals surface area (Å²) in [6.45, 7) is 3.79. The molecule has 1 amide bonds. The first-order chi connectivity index (χ1) is 12.5. The highest BCUT2D eigenvalue weighted by molar-refractivity contribution is 7.17. The number of aryl methyl sites for hydroxylation is 2. The highest BCUT2D eigenvalue weighted by atomic mass is 32.1. The van der Waals surface area contributed by atoms with Gasteiger partial charge in [-0.05, 0) is 37.1 Å². The number of halogens is 2. The highest BCUT2D eigenvalue weighted by Crippen LogP contribution is 2.28. The summed E-state index contributed by atoms with van der Waals surface area (Å²) >= 11 is 1.21. The molecule has 0 spiro atoms. The first kappa shape index (κ1) is 18.0. The van der Waals surface area contributed by atoms with Gasteiger partial charge in [-0.3, -0.25) is 4.79 Å². The molecule has 3 rings (SSSR count). The van der Waals surface area contributed by atoms with Crippen molar-refractivity contribution in [1.82, 2.24) is 4.98 Å². The average molecular weight is 373 g/mol. The van der Waals surface area contributed by atoms with E-state index in [9.17, 15) is 13.6 Å². The molecular weight excluding hydrogens is 356 g/mol. The Morgan fingerprint density at radius 3 is 2.65 bits per heavy atom. The number of hydrogen-bond donors (Lipinski definition) is 2. The Morgan fingerprint density at radius 2 is 1.92 bits per heavy atom. The van der Waals surface area contributed by atoms with Crippen LogP contribution in [0.5, 0.6) is 0 Å². The van der Waals surface area contributed by atoms with Crippen LogP contribution in [0.3, 0.4) is 0 Å². The molecule has 0 atom stereocenters. The summed E-state index contributed by atoms with van der Waals surface area (Å²) < 4.78 is 26.3. The van der Waals surface area contributed by atoms with Gasteiger partial charge < -0.3 is 10.6 Å². The van der Waals surface area contributed by atoms with Crippen LogP contribution in [0.1, 0.15) is 27.9 Å². The summed E-state index contributed by atoms with van der Waals surface area (Å²) in [4.78, 5) is 17.2.